The lowest BCUT2D eigenvalue weighted by Crippen LogP contribution is -2.40. The summed E-state index contributed by atoms with van der Waals surface area (Å²) >= 11 is 6.04. The van der Waals surface area contributed by atoms with Gasteiger partial charge in [0.1, 0.15) is 11.9 Å². The fourth-order valence-corrected chi connectivity index (χ4v) is 2.88. The molecule has 6 nitrogen and oxygen atoms in total. The molecular formula is C14H19ClN2O4S. The van der Waals surface area contributed by atoms with E-state index >= 15 is 0 Å². The number of ether oxygens (including phenoxy) is 1. The van der Waals surface area contributed by atoms with Gasteiger partial charge in [0.05, 0.1) is 23.9 Å². The Kier molecular flexibility index (Phi) is 5.66. The zero-order valence-corrected chi connectivity index (χ0v) is 13.9. The summed E-state index contributed by atoms with van der Waals surface area (Å²) < 4.78 is 30.7. The van der Waals surface area contributed by atoms with Crippen LogP contribution in [0.25, 0.3) is 0 Å². The second-order valence-corrected chi connectivity index (χ2v) is 7.53. The normalized spacial score (nSPS) is 18.5. The van der Waals surface area contributed by atoms with Crippen molar-refractivity contribution in [1.82, 2.24) is 9.62 Å². The number of para-hydroxylation sites is 1. The lowest BCUT2D eigenvalue weighted by atomic mass is 10.3. The number of carbonyl (C=O) groups is 1. The molecule has 0 bridgehead atoms. The van der Waals surface area contributed by atoms with Gasteiger partial charge in [0.15, 0.2) is 0 Å². The summed E-state index contributed by atoms with van der Waals surface area (Å²) in [6, 6.07) is 7.18. The second kappa shape index (κ2) is 7.30. The Hall–Kier alpha value is -1.31. The molecule has 1 fully saturated rings. The Morgan fingerprint density at radius 2 is 2.18 bits per heavy atom. The van der Waals surface area contributed by atoms with Crippen LogP contribution in [0.15, 0.2) is 24.3 Å². The van der Waals surface area contributed by atoms with E-state index in [0.29, 0.717) is 30.3 Å². The van der Waals surface area contributed by atoms with Crippen molar-refractivity contribution >= 4 is 27.5 Å². The van der Waals surface area contributed by atoms with Crippen molar-refractivity contribution in [2.24, 2.45) is 0 Å². The topological polar surface area (TPSA) is 75.7 Å². The monoisotopic (exact) mass is 346 g/mol. The first-order valence-electron chi connectivity index (χ1n) is 7.07. The average molecular weight is 347 g/mol. The van der Waals surface area contributed by atoms with Crippen LogP contribution >= 0.6 is 11.6 Å². The minimum absolute atomic E-state index is 0.0431. The van der Waals surface area contributed by atoms with Gasteiger partial charge in [-0.3, -0.25) is 4.79 Å². The first-order chi connectivity index (χ1) is 10.4. The Morgan fingerprint density at radius 1 is 1.45 bits per heavy atom. The van der Waals surface area contributed by atoms with Gasteiger partial charge in [-0.25, -0.2) is 13.1 Å². The highest BCUT2D eigenvalue weighted by atomic mass is 35.5. The summed E-state index contributed by atoms with van der Waals surface area (Å²) in [7, 11) is -3.36. The van der Waals surface area contributed by atoms with Crippen molar-refractivity contribution in [3.8, 4) is 5.75 Å². The molecule has 0 unspecified atom stereocenters. The lowest BCUT2D eigenvalue weighted by Gasteiger charge is -2.18. The van der Waals surface area contributed by atoms with Crippen molar-refractivity contribution in [1.29, 1.82) is 0 Å². The number of halogens is 1. The van der Waals surface area contributed by atoms with E-state index in [0.717, 1.165) is 0 Å². The quantitative estimate of drug-likeness (QED) is 0.841. The van der Waals surface area contributed by atoms with Gasteiger partial charge in [-0.1, -0.05) is 23.7 Å². The first kappa shape index (κ1) is 17.1. The smallest absolute Gasteiger partial charge is 0.237 e. The molecule has 1 aliphatic heterocycles. The van der Waals surface area contributed by atoms with E-state index in [1.807, 2.05) is 12.1 Å². The molecule has 1 aromatic carbocycles. The summed E-state index contributed by atoms with van der Waals surface area (Å²) in [6.45, 7) is 2.28. The molecule has 1 aliphatic rings. The summed E-state index contributed by atoms with van der Waals surface area (Å²) in [5, 5.41) is 0.531. The molecule has 0 saturated carbocycles. The van der Waals surface area contributed by atoms with Gasteiger partial charge in [0.2, 0.25) is 15.9 Å². The molecule has 1 N–H and O–H groups in total. The third-order valence-corrected chi connectivity index (χ3v) is 5.11. The molecule has 2 rings (SSSR count). The van der Waals surface area contributed by atoms with Crippen molar-refractivity contribution < 1.29 is 17.9 Å². The van der Waals surface area contributed by atoms with Crippen LogP contribution in [0.2, 0.25) is 5.02 Å². The van der Waals surface area contributed by atoms with Crippen LogP contribution in [0.3, 0.4) is 0 Å². The molecule has 0 aliphatic carbocycles. The molecule has 1 amide bonds. The highest BCUT2D eigenvalue weighted by Gasteiger charge is 2.28. The molecule has 0 spiro atoms. The first-order valence-corrected chi connectivity index (χ1v) is 9.10. The van der Waals surface area contributed by atoms with Gasteiger partial charge in [0.25, 0.3) is 0 Å². The minimum atomic E-state index is -3.36. The fourth-order valence-electron chi connectivity index (χ4n) is 2.16. The SMILES string of the molecule is CCS(=O)(=O)NCC(=O)N1CC[C@H](Oc2ccccc2Cl)C1. The summed E-state index contributed by atoms with van der Waals surface area (Å²) in [5.41, 5.74) is 0. The number of hydrogen-bond acceptors (Lipinski definition) is 4. The van der Waals surface area contributed by atoms with E-state index in [9.17, 15) is 13.2 Å². The molecule has 22 heavy (non-hydrogen) atoms. The van der Waals surface area contributed by atoms with E-state index in [1.165, 1.54) is 6.92 Å². The van der Waals surface area contributed by atoms with Crippen LogP contribution in [-0.2, 0) is 14.8 Å². The summed E-state index contributed by atoms with van der Waals surface area (Å²) in [4.78, 5) is 13.6. The standard InChI is InChI=1S/C14H19ClN2O4S/c1-2-22(19,20)16-9-14(18)17-8-7-11(10-17)21-13-6-4-3-5-12(13)15/h3-6,11,16H,2,7-10H2,1H3/t11-/m0/s1. The van der Waals surface area contributed by atoms with Crippen molar-refractivity contribution in [3.05, 3.63) is 29.3 Å². The molecule has 1 aromatic rings. The van der Waals surface area contributed by atoms with Gasteiger partial charge >= 0.3 is 0 Å². The number of likely N-dealkylation sites (tertiary alicyclic amines) is 1. The van der Waals surface area contributed by atoms with Crippen LogP contribution < -0.4 is 9.46 Å². The Morgan fingerprint density at radius 3 is 2.86 bits per heavy atom. The third-order valence-electron chi connectivity index (χ3n) is 3.45. The van der Waals surface area contributed by atoms with Gasteiger partial charge in [-0.05, 0) is 19.1 Å². The van der Waals surface area contributed by atoms with E-state index in [2.05, 4.69) is 4.72 Å². The van der Waals surface area contributed by atoms with Crippen LogP contribution in [-0.4, -0.2) is 50.7 Å². The number of benzene rings is 1. The van der Waals surface area contributed by atoms with E-state index in [-0.39, 0.29) is 24.3 Å². The predicted octanol–water partition coefficient (Wildman–Crippen LogP) is 1.26. The van der Waals surface area contributed by atoms with Gasteiger partial charge in [0, 0.05) is 13.0 Å². The third kappa shape index (κ3) is 4.59. The number of sulfonamides is 1. The van der Waals surface area contributed by atoms with Crippen LogP contribution in [0.5, 0.6) is 5.75 Å². The van der Waals surface area contributed by atoms with E-state index < -0.39 is 10.0 Å². The van der Waals surface area contributed by atoms with Gasteiger partial charge < -0.3 is 9.64 Å². The van der Waals surface area contributed by atoms with Crippen LogP contribution in [0, 0.1) is 0 Å². The molecule has 0 radical (unpaired) electrons. The average Bonchev–Trinajstić information content (AvgIpc) is 2.96. The summed E-state index contributed by atoms with van der Waals surface area (Å²) in [6.07, 6.45) is 0.559. The molecule has 8 heteroatoms. The fraction of sp³-hybridized carbons (Fsp3) is 0.500. The Labute approximate surface area is 135 Å². The Balaban J connectivity index is 1.85. The number of nitrogens with one attached hydrogen (secondary N) is 1. The van der Waals surface area contributed by atoms with Crippen molar-refractivity contribution in [2.75, 3.05) is 25.4 Å². The highest BCUT2D eigenvalue weighted by Crippen LogP contribution is 2.26. The highest BCUT2D eigenvalue weighted by molar-refractivity contribution is 7.89. The largest absolute Gasteiger partial charge is 0.487 e. The summed E-state index contributed by atoms with van der Waals surface area (Å²) in [5.74, 6) is 0.302. The van der Waals surface area contributed by atoms with E-state index in [1.54, 1.807) is 17.0 Å². The number of amides is 1. The van der Waals surface area contributed by atoms with Crippen molar-refractivity contribution in [2.45, 2.75) is 19.4 Å². The van der Waals surface area contributed by atoms with Gasteiger partial charge in [-0.15, -0.1) is 0 Å². The molecule has 122 valence electrons. The van der Waals surface area contributed by atoms with Crippen molar-refractivity contribution in [3.63, 3.8) is 0 Å². The number of nitrogens with zero attached hydrogens (tertiary/aromatic N) is 1. The molecule has 1 heterocycles. The molecule has 0 aromatic heterocycles. The predicted molar refractivity (Wildman–Crippen MR) is 84.5 cm³/mol. The zero-order valence-electron chi connectivity index (χ0n) is 12.3. The molecule has 1 atom stereocenters. The van der Waals surface area contributed by atoms with Crippen LogP contribution in [0.1, 0.15) is 13.3 Å². The zero-order chi connectivity index (χ0) is 16.2. The van der Waals surface area contributed by atoms with E-state index in [4.69, 9.17) is 16.3 Å². The maximum Gasteiger partial charge on any atom is 0.237 e. The number of hydrogen-bond donors (Lipinski definition) is 1. The minimum Gasteiger partial charge on any atom is -0.487 e. The number of rotatable bonds is 6. The van der Waals surface area contributed by atoms with Gasteiger partial charge in [-0.2, -0.15) is 0 Å². The molecular weight excluding hydrogens is 328 g/mol. The Bertz CT molecular complexity index is 635. The second-order valence-electron chi connectivity index (χ2n) is 5.02. The molecule has 1 saturated heterocycles. The van der Waals surface area contributed by atoms with Crippen LogP contribution in [0.4, 0.5) is 0 Å². The maximum atomic E-state index is 12.0. The number of carbonyl (C=O) groups excluding carboxylic acids is 1. The maximum absolute atomic E-state index is 12.0. The lowest BCUT2D eigenvalue weighted by molar-refractivity contribution is -0.129.